The Morgan fingerprint density at radius 1 is 1.00 bits per heavy atom. The quantitative estimate of drug-likeness (QED) is 0.704. The molecule has 0 aliphatic rings. The van der Waals surface area contributed by atoms with Crippen LogP contribution >= 0.6 is 0 Å². The van der Waals surface area contributed by atoms with E-state index in [-0.39, 0.29) is 0 Å². The Morgan fingerprint density at radius 3 is 2.72 bits per heavy atom. The second-order valence-electron chi connectivity index (χ2n) is 4.94. The number of H-pyrrole nitrogens is 1. The molecular formula is C16H16N2. The summed E-state index contributed by atoms with van der Waals surface area (Å²) in [5.74, 6) is 0.508. The van der Waals surface area contributed by atoms with Crippen LogP contribution in [0.3, 0.4) is 0 Å². The van der Waals surface area contributed by atoms with E-state index in [4.69, 9.17) is 0 Å². The van der Waals surface area contributed by atoms with Gasteiger partial charge in [0.1, 0.15) is 0 Å². The number of nitrogens with one attached hydrogen (secondary N) is 1. The zero-order valence-electron chi connectivity index (χ0n) is 10.6. The summed E-state index contributed by atoms with van der Waals surface area (Å²) in [7, 11) is 0. The van der Waals surface area contributed by atoms with E-state index in [0.717, 1.165) is 0 Å². The molecule has 2 heteroatoms. The molecule has 0 unspecified atom stereocenters. The largest absolute Gasteiger partial charge is 0.361 e. The van der Waals surface area contributed by atoms with E-state index < -0.39 is 0 Å². The second kappa shape index (κ2) is 4.30. The normalized spacial score (nSPS) is 11.3. The molecule has 0 atom stereocenters. The van der Waals surface area contributed by atoms with Crippen LogP contribution < -0.4 is 0 Å². The number of aromatic nitrogens is 2. The van der Waals surface area contributed by atoms with Gasteiger partial charge < -0.3 is 4.98 Å². The highest BCUT2D eigenvalue weighted by molar-refractivity contribution is 5.84. The van der Waals surface area contributed by atoms with E-state index in [9.17, 15) is 0 Å². The van der Waals surface area contributed by atoms with Crippen molar-refractivity contribution in [1.29, 1.82) is 0 Å². The van der Waals surface area contributed by atoms with E-state index >= 15 is 0 Å². The Balaban J connectivity index is 2.10. The molecule has 0 amide bonds. The molecule has 0 aliphatic carbocycles. The van der Waals surface area contributed by atoms with Gasteiger partial charge in [-0.15, -0.1) is 0 Å². The third-order valence-electron chi connectivity index (χ3n) is 3.31. The Kier molecular flexibility index (Phi) is 2.63. The summed E-state index contributed by atoms with van der Waals surface area (Å²) >= 11 is 0. The van der Waals surface area contributed by atoms with Gasteiger partial charge in [0.05, 0.1) is 0 Å². The Hall–Kier alpha value is -2.09. The standard InChI is InChI=1S/C16H16N2/c1-11(2)14-8-15(10-17-9-14)12-3-4-16-13(7-12)5-6-18-16/h3-11,18H,1-2H3. The SMILES string of the molecule is CC(C)c1cncc(-c2ccc3[nH]ccc3c2)c1. The predicted molar refractivity (Wildman–Crippen MR) is 75.6 cm³/mol. The first kappa shape index (κ1) is 11.0. The van der Waals surface area contributed by atoms with Crippen LogP contribution in [0.5, 0.6) is 0 Å². The minimum atomic E-state index is 0.508. The maximum absolute atomic E-state index is 4.34. The lowest BCUT2D eigenvalue weighted by atomic mass is 10.00. The van der Waals surface area contributed by atoms with Crippen LogP contribution in [0, 0.1) is 0 Å². The van der Waals surface area contributed by atoms with Gasteiger partial charge in [-0.05, 0) is 46.7 Å². The molecule has 0 saturated heterocycles. The molecular weight excluding hydrogens is 220 g/mol. The van der Waals surface area contributed by atoms with Gasteiger partial charge in [0.15, 0.2) is 0 Å². The summed E-state index contributed by atoms with van der Waals surface area (Å²) in [5.41, 5.74) is 4.86. The van der Waals surface area contributed by atoms with Crippen molar-refractivity contribution < 1.29 is 0 Å². The summed E-state index contributed by atoms with van der Waals surface area (Å²) in [6.45, 7) is 4.38. The first-order valence-electron chi connectivity index (χ1n) is 6.26. The summed E-state index contributed by atoms with van der Waals surface area (Å²) in [6, 6.07) is 10.8. The summed E-state index contributed by atoms with van der Waals surface area (Å²) < 4.78 is 0. The zero-order valence-corrected chi connectivity index (χ0v) is 10.6. The predicted octanol–water partition coefficient (Wildman–Crippen LogP) is 4.35. The molecule has 18 heavy (non-hydrogen) atoms. The van der Waals surface area contributed by atoms with Crippen LogP contribution in [0.2, 0.25) is 0 Å². The molecule has 2 heterocycles. The molecule has 2 nitrogen and oxygen atoms in total. The van der Waals surface area contributed by atoms with E-state index in [1.54, 1.807) is 0 Å². The van der Waals surface area contributed by atoms with Gasteiger partial charge in [-0.2, -0.15) is 0 Å². The highest BCUT2D eigenvalue weighted by atomic mass is 14.7. The molecule has 0 spiro atoms. The van der Waals surface area contributed by atoms with Crippen molar-refractivity contribution in [2.45, 2.75) is 19.8 Å². The summed E-state index contributed by atoms with van der Waals surface area (Å²) in [5, 5.41) is 1.24. The third kappa shape index (κ3) is 1.90. The highest BCUT2D eigenvalue weighted by Gasteiger charge is 2.04. The van der Waals surface area contributed by atoms with Crippen molar-refractivity contribution in [1.82, 2.24) is 9.97 Å². The zero-order chi connectivity index (χ0) is 12.5. The van der Waals surface area contributed by atoms with Gasteiger partial charge in [-0.25, -0.2) is 0 Å². The fourth-order valence-electron chi connectivity index (χ4n) is 2.16. The van der Waals surface area contributed by atoms with E-state index in [2.05, 4.69) is 54.1 Å². The first-order chi connectivity index (χ1) is 8.74. The molecule has 0 bridgehead atoms. The van der Waals surface area contributed by atoms with Crippen LogP contribution in [0.15, 0.2) is 48.9 Å². The fraction of sp³-hybridized carbons (Fsp3) is 0.188. The summed E-state index contributed by atoms with van der Waals surface area (Å²) in [4.78, 5) is 7.55. The Labute approximate surface area is 107 Å². The van der Waals surface area contributed by atoms with Crippen molar-refractivity contribution in [3.63, 3.8) is 0 Å². The fourth-order valence-corrected chi connectivity index (χ4v) is 2.16. The molecule has 3 rings (SSSR count). The molecule has 0 radical (unpaired) electrons. The minimum Gasteiger partial charge on any atom is -0.361 e. The van der Waals surface area contributed by atoms with Crippen LogP contribution in [0.25, 0.3) is 22.0 Å². The maximum Gasteiger partial charge on any atom is 0.0454 e. The van der Waals surface area contributed by atoms with Gasteiger partial charge in [0.25, 0.3) is 0 Å². The number of fused-ring (bicyclic) bond motifs is 1. The number of nitrogens with zero attached hydrogens (tertiary/aromatic N) is 1. The van der Waals surface area contributed by atoms with Crippen molar-refractivity contribution in [3.8, 4) is 11.1 Å². The van der Waals surface area contributed by atoms with Gasteiger partial charge in [-0.3, -0.25) is 4.98 Å². The topological polar surface area (TPSA) is 28.7 Å². The molecule has 1 N–H and O–H groups in total. The van der Waals surface area contributed by atoms with Gasteiger partial charge >= 0.3 is 0 Å². The molecule has 0 saturated carbocycles. The first-order valence-corrected chi connectivity index (χ1v) is 6.26. The lowest BCUT2D eigenvalue weighted by Crippen LogP contribution is -1.90. The number of pyridine rings is 1. The van der Waals surface area contributed by atoms with E-state index in [0.29, 0.717) is 5.92 Å². The van der Waals surface area contributed by atoms with Crippen LogP contribution in [-0.2, 0) is 0 Å². The van der Waals surface area contributed by atoms with E-state index in [1.165, 1.54) is 27.6 Å². The monoisotopic (exact) mass is 236 g/mol. The van der Waals surface area contributed by atoms with Crippen LogP contribution in [0.1, 0.15) is 25.3 Å². The molecule has 0 aliphatic heterocycles. The molecule has 1 aromatic carbocycles. The molecule has 2 aromatic heterocycles. The summed E-state index contributed by atoms with van der Waals surface area (Å²) in [6.07, 6.45) is 5.85. The Bertz CT molecular complexity index is 680. The maximum atomic E-state index is 4.34. The smallest absolute Gasteiger partial charge is 0.0454 e. The van der Waals surface area contributed by atoms with Gasteiger partial charge in [0, 0.05) is 29.7 Å². The number of hydrogen-bond donors (Lipinski definition) is 1. The number of rotatable bonds is 2. The number of benzene rings is 1. The molecule has 90 valence electrons. The van der Waals surface area contributed by atoms with Crippen molar-refractivity contribution in [3.05, 3.63) is 54.5 Å². The number of hydrogen-bond acceptors (Lipinski definition) is 1. The van der Waals surface area contributed by atoms with Crippen LogP contribution in [0.4, 0.5) is 0 Å². The molecule has 0 fully saturated rings. The highest BCUT2D eigenvalue weighted by Crippen LogP contribution is 2.25. The second-order valence-corrected chi connectivity index (χ2v) is 4.94. The van der Waals surface area contributed by atoms with E-state index in [1.807, 2.05) is 18.6 Å². The third-order valence-corrected chi connectivity index (χ3v) is 3.31. The minimum absolute atomic E-state index is 0.508. The molecule has 3 aromatic rings. The van der Waals surface area contributed by atoms with Gasteiger partial charge in [-0.1, -0.05) is 19.9 Å². The lowest BCUT2D eigenvalue weighted by molar-refractivity contribution is 0.859. The van der Waals surface area contributed by atoms with Crippen LogP contribution in [-0.4, -0.2) is 9.97 Å². The average Bonchev–Trinajstić information content (AvgIpc) is 2.86. The average molecular weight is 236 g/mol. The van der Waals surface area contributed by atoms with Crippen molar-refractivity contribution >= 4 is 10.9 Å². The van der Waals surface area contributed by atoms with Crippen molar-refractivity contribution in [2.24, 2.45) is 0 Å². The number of aromatic amines is 1. The van der Waals surface area contributed by atoms with Gasteiger partial charge in [0.2, 0.25) is 0 Å². The Morgan fingerprint density at radius 2 is 1.89 bits per heavy atom. The van der Waals surface area contributed by atoms with Crippen molar-refractivity contribution in [2.75, 3.05) is 0 Å². The lowest BCUT2D eigenvalue weighted by Gasteiger charge is -2.07.